The van der Waals surface area contributed by atoms with Gasteiger partial charge in [0.15, 0.2) is 0 Å². The standard InChI is InChI=1S/C17H14ClNO/c1-12-14(11-18)9-10-17(19-12)20-16-8-4-6-13-5-2-3-7-15(13)16/h2-10H,11H2,1H3. The van der Waals surface area contributed by atoms with Crippen molar-refractivity contribution in [2.45, 2.75) is 12.8 Å². The van der Waals surface area contributed by atoms with E-state index in [4.69, 9.17) is 16.3 Å². The molecule has 0 fully saturated rings. The molecule has 2 nitrogen and oxygen atoms in total. The molecule has 1 aromatic heterocycles. The van der Waals surface area contributed by atoms with Crippen molar-refractivity contribution < 1.29 is 4.74 Å². The summed E-state index contributed by atoms with van der Waals surface area (Å²) in [5.74, 6) is 1.87. The maximum Gasteiger partial charge on any atom is 0.219 e. The van der Waals surface area contributed by atoms with E-state index < -0.39 is 0 Å². The van der Waals surface area contributed by atoms with Crippen molar-refractivity contribution in [2.75, 3.05) is 0 Å². The van der Waals surface area contributed by atoms with Crippen LogP contribution < -0.4 is 4.74 Å². The monoisotopic (exact) mass is 283 g/mol. The summed E-state index contributed by atoms with van der Waals surface area (Å²) in [6.45, 7) is 1.94. The van der Waals surface area contributed by atoms with Crippen LogP contribution in [0.15, 0.2) is 54.6 Å². The van der Waals surface area contributed by atoms with Gasteiger partial charge in [0, 0.05) is 23.0 Å². The topological polar surface area (TPSA) is 22.1 Å². The Morgan fingerprint density at radius 2 is 1.80 bits per heavy atom. The van der Waals surface area contributed by atoms with Gasteiger partial charge in [-0.25, -0.2) is 4.98 Å². The molecule has 3 rings (SSSR count). The largest absolute Gasteiger partial charge is 0.438 e. The molecule has 3 heteroatoms. The summed E-state index contributed by atoms with van der Waals surface area (Å²) < 4.78 is 5.92. The van der Waals surface area contributed by atoms with E-state index >= 15 is 0 Å². The average Bonchev–Trinajstić information content (AvgIpc) is 2.48. The zero-order valence-corrected chi connectivity index (χ0v) is 11.9. The summed E-state index contributed by atoms with van der Waals surface area (Å²) in [5, 5.41) is 2.23. The number of rotatable bonds is 3. The number of fused-ring (bicyclic) bond motifs is 1. The molecule has 0 spiro atoms. The number of halogens is 1. The normalized spacial score (nSPS) is 10.7. The predicted molar refractivity (Wildman–Crippen MR) is 82.6 cm³/mol. The highest BCUT2D eigenvalue weighted by molar-refractivity contribution is 6.17. The lowest BCUT2D eigenvalue weighted by molar-refractivity contribution is 0.466. The molecule has 3 aromatic rings. The van der Waals surface area contributed by atoms with Crippen LogP contribution in [0, 0.1) is 6.92 Å². The molecular formula is C17H14ClNO. The first-order valence-corrected chi connectivity index (χ1v) is 6.99. The predicted octanol–water partition coefficient (Wildman–Crippen LogP) is 5.07. The van der Waals surface area contributed by atoms with Crippen molar-refractivity contribution in [2.24, 2.45) is 0 Å². The minimum atomic E-state index is 0.466. The van der Waals surface area contributed by atoms with Crippen LogP contribution in [0.4, 0.5) is 0 Å². The Hall–Kier alpha value is -2.06. The fourth-order valence-electron chi connectivity index (χ4n) is 2.16. The summed E-state index contributed by atoms with van der Waals surface area (Å²) in [6.07, 6.45) is 0. The Labute approximate surface area is 123 Å². The van der Waals surface area contributed by atoms with Gasteiger partial charge in [0.05, 0.1) is 0 Å². The number of aryl methyl sites for hydroxylation is 1. The first-order chi connectivity index (χ1) is 9.78. The zero-order valence-electron chi connectivity index (χ0n) is 11.1. The minimum absolute atomic E-state index is 0.466. The molecule has 0 aliphatic carbocycles. The first kappa shape index (κ1) is 12.9. The highest BCUT2D eigenvalue weighted by atomic mass is 35.5. The Balaban J connectivity index is 1.99. The van der Waals surface area contributed by atoms with Gasteiger partial charge in [0.1, 0.15) is 5.75 Å². The van der Waals surface area contributed by atoms with Crippen LogP contribution in [0.1, 0.15) is 11.3 Å². The summed E-state index contributed by atoms with van der Waals surface area (Å²) in [5.41, 5.74) is 1.93. The minimum Gasteiger partial charge on any atom is -0.438 e. The van der Waals surface area contributed by atoms with E-state index in [1.807, 2.05) is 49.4 Å². The van der Waals surface area contributed by atoms with E-state index in [9.17, 15) is 0 Å². The molecule has 20 heavy (non-hydrogen) atoms. The molecule has 100 valence electrons. The average molecular weight is 284 g/mol. The van der Waals surface area contributed by atoms with Gasteiger partial charge in [-0.1, -0.05) is 42.5 Å². The number of aromatic nitrogens is 1. The second-order valence-electron chi connectivity index (χ2n) is 4.61. The lowest BCUT2D eigenvalue weighted by atomic mass is 10.1. The Bertz CT molecular complexity index is 750. The van der Waals surface area contributed by atoms with E-state index in [-0.39, 0.29) is 0 Å². The van der Waals surface area contributed by atoms with Crippen LogP contribution in [-0.4, -0.2) is 4.98 Å². The molecule has 0 bridgehead atoms. The van der Waals surface area contributed by atoms with E-state index in [0.29, 0.717) is 11.8 Å². The Morgan fingerprint density at radius 3 is 2.60 bits per heavy atom. The first-order valence-electron chi connectivity index (χ1n) is 6.46. The van der Waals surface area contributed by atoms with Gasteiger partial charge in [-0.3, -0.25) is 0 Å². The van der Waals surface area contributed by atoms with Crippen molar-refractivity contribution in [1.29, 1.82) is 0 Å². The number of benzene rings is 2. The number of hydrogen-bond acceptors (Lipinski definition) is 2. The molecule has 0 radical (unpaired) electrons. The van der Waals surface area contributed by atoms with Crippen LogP contribution in [0.5, 0.6) is 11.6 Å². The zero-order chi connectivity index (χ0) is 13.9. The SMILES string of the molecule is Cc1nc(Oc2cccc3ccccc23)ccc1CCl. The lowest BCUT2D eigenvalue weighted by Crippen LogP contribution is -1.94. The van der Waals surface area contributed by atoms with Gasteiger partial charge < -0.3 is 4.74 Å². The molecule has 2 aromatic carbocycles. The third-order valence-electron chi connectivity index (χ3n) is 3.28. The highest BCUT2D eigenvalue weighted by Gasteiger charge is 2.05. The third kappa shape index (κ3) is 2.47. The number of ether oxygens (including phenoxy) is 1. The lowest BCUT2D eigenvalue weighted by Gasteiger charge is -2.09. The molecule has 0 aliphatic rings. The molecule has 0 amide bonds. The van der Waals surface area contributed by atoms with Crippen LogP contribution in [-0.2, 0) is 5.88 Å². The van der Waals surface area contributed by atoms with Gasteiger partial charge in [-0.15, -0.1) is 11.6 Å². The van der Waals surface area contributed by atoms with Gasteiger partial charge >= 0.3 is 0 Å². The highest BCUT2D eigenvalue weighted by Crippen LogP contribution is 2.29. The van der Waals surface area contributed by atoms with E-state index in [1.165, 1.54) is 0 Å². The fourth-order valence-corrected chi connectivity index (χ4v) is 2.44. The van der Waals surface area contributed by atoms with Gasteiger partial charge in [-0.2, -0.15) is 0 Å². The second kappa shape index (κ2) is 5.51. The maximum absolute atomic E-state index is 5.92. The molecule has 0 aliphatic heterocycles. The van der Waals surface area contributed by atoms with Crippen molar-refractivity contribution >= 4 is 22.4 Å². The third-order valence-corrected chi connectivity index (χ3v) is 3.57. The van der Waals surface area contributed by atoms with E-state index in [0.717, 1.165) is 27.8 Å². The molecular weight excluding hydrogens is 270 g/mol. The molecule has 0 saturated carbocycles. The molecule has 0 saturated heterocycles. The Kier molecular flexibility index (Phi) is 3.57. The van der Waals surface area contributed by atoms with Crippen molar-refractivity contribution in [1.82, 2.24) is 4.98 Å². The van der Waals surface area contributed by atoms with Crippen LogP contribution in [0.3, 0.4) is 0 Å². The smallest absolute Gasteiger partial charge is 0.219 e. The van der Waals surface area contributed by atoms with Gasteiger partial charge in [0.2, 0.25) is 5.88 Å². The van der Waals surface area contributed by atoms with Gasteiger partial charge in [0.25, 0.3) is 0 Å². The molecule has 1 heterocycles. The van der Waals surface area contributed by atoms with Crippen LogP contribution in [0.25, 0.3) is 10.8 Å². The van der Waals surface area contributed by atoms with Crippen molar-refractivity contribution in [3.05, 3.63) is 65.9 Å². The van der Waals surface area contributed by atoms with Crippen LogP contribution >= 0.6 is 11.6 Å². The summed E-state index contributed by atoms with van der Waals surface area (Å²) in [4.78, 5) is 4.44. The Morgan fingerprint density at radius 1 is 1.00 bits per heavy atom. The number of nitrogens with zero attached hydrogens (tertiary/aromatic N) is 1. The van der Waals surface area contributed by atoms with Gasteiger partial charge in [-0.05, 0) is 23.9 Å². The number of hydrogen-bond donors (Lipinski definition) is 0. The number of pyridine rings is 1. The molecule has 0 atom stereocenters. The maximum atomic E-state index is 5.92. The fraction of sp³-hybridized carbons (Fsp3) is 0.118. The number of alkyl halides is 1. The van der Waals surface area contributed by atoms with E-state index in [2.05, 4.69) is 17.1 Å². The van der Waals surface area contributed by atoms with Crippen LogP contribution in [0.2, 0.25) is 0 Å². The van der Waals surface area contributed by atoms with Crippen molar-refractivity contribution in [3.8, 4) is 11.6 Å². The summed E-state index contributed by atoms with van der Waals surface area (Å²) in [7, 11) is 0. The summed E-state index contributed by atoms with van der Waals surface area (Å²) >= 11 is 5.84. The summed E-state index contributed by atoms with van der Waals surface area (Å²) in [6, 6.07) is 17.9. The van der Waals surface area contributed by atoms with Crippen molar-refractivity contribution in [3.63, 3.8) is 0 Å². The van der Waals surface area contributed by atoms with E-state index in [1.54, 1.807) is 0 Å². The quantitative estimate of drug-likeness (QED) is 0.626. The molecule has 0 N–H and O–H groups in total. The second-order valence-corrected chi connectivity index (χ2v) is 4.87. The molecule has 0 unspecified atom stereocenters.